The van der Waals surface area contributed by atoms with Crippen molar-refractivity contribution in [3.05, 3.63) is 28.3 Å². The van der Waals surface area contributed by atoms with Crippen molar-refractivity contribution in [1.82, 2.24) is 0 Å². The summed E-state index contributed by atoms with van der Waals surface area (Å²) >= 11 is 2.03. The van der Waals surface area contributed by atoms with Gasteiger partial charge < -0.3 is 4.43 Å². The van der Waals surface area contributed by atoms with Gasteiger partial charge in [0.25, 0.3) is 0 Å². The van der Waals surface area contributed by atoms with Crippen molar-refractivity contribution in [3.8, 4) is 0 Å². The van der Waals surface area contributed by atoms with Crippen molar-refractivity contribution in [2.45, 2.75) is 97.2 Å². The molecule has 0 spiro atoms. The van der Waals surface area contributed by atoms with Gasteiger partial charge in [-0.05, 0) is 66.1 Å². The zero-order valence-corrected chi connectivity index (χ0v) is 20.0. The van der Waals surface area contributed by atoms with Gasteiger partial charge in [0.2, 0.25) is 0 Å². The summed E-state index contributed by atoms with van der Waals surface area (Å²) in [6.07, 6.45) is 4.53. The Hall–Kier alpha value is -0.253. The molecule has 0 saturated carbocycles. The summed E-state index contributed by atoms with van der Waals surface area (Å²) in [6, 6.07) is 2.47. The van der Waals surface area contributed by atoms with E-state index in [0.717, 1.165) is 38.0 Å². The third kappa shape index (κ3) is 5.61. The molecule has 0 heterocycles. The summed E-state index contributed by atoms with van der Waals surface area (Å²) in [5, 5.41) is 0.290. The highest BCUT2D eigenvalue weighted by atomic mass is 32.2. The lowest BCUT2D eigenvalue weighted by atomic mass is 9.93. The van der Waals surface area contributed by atoms with Gasteiger partial charge in [-0.15, -0.1) is 11.8 Å². The Morgan fingerprint density at radius 2 is 1.36 bits per heavy atom. The van der Waals surface area contributed by atoms with Gasteiger partial charge in [0.05, 0.1) is 0 Å². The summed E-state index contributed by atoms with van der Waals surface area (Å²) in [5.74, 6) is 1.06. The summed E-state index contributed by atoms with van der Waals surface area (Å²) in [5.41, 5.74) is 6.25. The van der Waals surface area contributed by atoms with Gasteiger partial charge in [0, 0.05) is 17.3 Å². The highest BCUT2D eigenvalue weighted by molar-refractivity contribution is 7.99. The van der Waals surface area contributed by atoms with Crippen molar-refractivity contribution in [2.75, 3.05) is 12.4 Å². The lowest BCUT2D eigenvalue weighted by Gasteiger charge is -2.36. The minimum atomic E-state index is -1.64. The first kappa shape index (κ1) is 22.8. The van der Waals surface area contributed by atoms with Crippen LogP contribution in [-0.2, 0) is 30.1 Å². The lowest BCUT2D eigenvalue weighted by molar-refractivity contribution is 0.311. The third-order valence-corrected chi connectivity index (χ3v) is 11.4. The smallest absolute Gasteiger partial charge is 0.192 e. The molecule has 1 nitrogen and oxygen atoms in total. The molecule has 0 N–H and O–H groups in total. The molecule has 0 fully saturated rings. The molecule has 0 radical (unpaired) electrons. The summed E-state index contributed by atoms with van der Waals surface area (Å²) < 4.78 is 6.39. The molecule has 25 heavy (non-hydrogen) atoms. The number of hydrogen-bond donors (Lipinski definition) is 0. The Labute approximate surface area is 162 Å². The molecule has 1 aromatic rings. The average molecular weight is 381 g/mol. The van der Waals surface area contributed by atoms with Gasteiger partial charge in [-0.25, -0.2) is 0 Å². The minimum Gasteiger partial charge on any atom is -0.416 e. The zero-order chi connectivity index (χ0) is 19.3. The van der Waals surface area contributed by atoms with Crippen LogP contribution in [0.1, 0.15) is 70.7 Å². The van der Waals surface area contributed by atoms with E-state index >= 15 is 0 Å². The fourth-order valence-corrected chi connectivity index (χ4v) is 5.56. The molecule has 144 valence electrons. The molecule has 0 aromatic heterocycles. The summed E-state index contributed by atoms with van der Waals surface area (Å²) in [4.78, 5) is 1.56. The largest absolute Gasteiger partial charge is 0.416 e. The van der Waals surface area contributed by atoms with Gasteiger partial charge in [-0.2, -0.15) is 0 Å². The van der Waals surface area contributed by atoms with E-state index in [1.807, 2.05) is 11.8 Å². The van der Waals surface area contributed by atoms with Crippen LogP contribution >= 0.6 is 11.8 Å². The second kappa shape index (κ2) is 9.62. The molecule has 0 unspecified atom stereocenters. The van der Waals surface area contributed by atoms with Gasteiger partial charge in [0.15, 0.2) is 8.32 Å². The van der Waals surface area contributed by atoms with Crippen LogP contribution in [0.2, 0.25) is 18.1 Å². The lowest BCUT2D eigenvalue weighted by Crippen LogP contribution is -2.41. The van der Waals surface area contributed by atoms with Gasteiger partial charge in [-0.1, -0.05) is 54.5 Å². The van der Waals surface area contributed by atoms with Crippen LogP contribution in [0.3, 0.4) is 0 Å². The molecule has 0 aliphatic carbocycles. The van der Waals surface area contributed by atoms with E-state index in [2.05, 4.69) is 67.6 Å². The highest BCUT2D eigenvalue weighted by Crippen LogP contribution is 2.37. The molecule has 1 aromatic carbocycles. The van der Waals surface area contributed by atoms with Crippen molar-refractivity contribution in [1.29, 1.82) is 0 Å². The van der Waals surface area contributed by atoms with Gasteiger partial charge in [0.1, 0.15) is 0 Å². The number of thioether (sulfide) groups is 1. The Morgan fingerprint density at radius 3 is 1.72 bits per heavy atom. The highest BCUT2D eigenvalue weighted by Gasteiger charge is 2.36. The van der Waals surface area contributed by atoms with Crippen LogP contribution in [0.25, 0.3) is 0 Å². The van der Waals surface area contributed by atoms with E-state index in [9.17, 15) is 0 Å². The van der Waals surface area contributed by atoms with Crippen LogP contribution in [-0.4, -0.2) is 20.7 Å². The minimum absolute atomic E-state index is 0.290. The molecular formula is C22H40OSSi. The van der Waals surface area contributed by atoms with Crippen molar-refractivity contribution < 1.29 is 4.43 Å². The van der Waals surface area contributed by atoms with Crippen molar-refractivity contribution >= 4 is 20.1 Å². The first-order valence-electron chi connectivity index (χ1n) is 10.1. The maximum Gasteiger partial charge on any atom is 0.192 e. The first-order chi connectivity index (χ1) is 11.6. The molecule has 0 atom stereocenters. The van der Waals surface area contributed by atoms with Crippen LogP contribution in [0.15, 0.2) is 11.0 Å². The summed E-state index contributed by atoms with van der Waals surface area (Å²) in [7, 11) is -1.64. The predicted molar refractivity (Wildman–Crippen MR) is 118 cm³/mol. The number of aryl methyl sites for hydroxylation is 2. The molecule has 0 saturated heterocycles. The summed E-state index contributed by atoms with van der Waals surface area (Å²) in [6.45, 7) is 21.7. The van der Waals surface area contributed by atoms with E-state index in [4.69, 9.17) is 4.43 Å². The van der Waals surface area contributed by atoms with E-state index in [0.29, 0.717) is 5.04 Å². The first-order valence-corrected chi connectivity index (χ1v) is 13.9. The fourth-order valence-electron chi connectivity index (χ4n) is 3.10. The Kier molecular flexibility index (Phi) is 8.76. The van der Waals surface area contributed by atoms with Crippen LogP contribution in [0.4, 0.5) is 0 Å². The van der Waals surface area contributed by atoms with Crippen LogP contribution in [0.5, 0.6) is 0 Å². The van der Waals surface area contributed by atoms with Crippen LogP contribution in [0, 0.1) is 0 Å². The number of benzene rings is 1. The molecule has 1 rings (SSSR count). The number of hydrogen-bond acceptors (Lipinski definition) is 2. The van der Waals surface area contributed by atoms with Crippen molar-refractivity contribution in [2.24, 2.45) is 0 Å². The fraction of sp³-hybridized carbons (Fsp3) is 0.727. The molecule has 0 aliphatic heterocycles. The Bertz CT molecular complexity index is 528. The van der Waals surface area contributed by atoms with Gasteiger partial charge in [-0.3, -0.25) is 0 Å². The molecule has 0 amide bonds. The quantitative estimate of drug-likeness (QED) is 0.258. The topological polar surface area (TPSA) is 9.23 Å². The second-order valence-corrected chi connectivity index (χ2v) is 14.3. The third-order valence-electron chi connectivity index (χ3n) is 5.74. The SMILES string of the molecule is CCc1cc(CC)c(CC)c(SCCO[Si](C)(C)C(C)(C)C)c1CC. The standard InChI is InChI=1S/C22H40OSSi/c1-10-17-16-18(11-2)20(13-4)21(19(17)12-3)24-15-14-23-25(8,9)22(5,6)7/h16H,10-15H2,1-9H3. The van der Waals surface area contributed by atoms with Crippen molar-refractivity contribution in [3.63, 3.8) is 0 Å². The Balaban J connectivity index is 2.97. The maximum absolute atomic E-state index is 6.39. The van der Waals surface area contributed by atoms with E-state index in [1.54, 1.807) is 27.1 Å². The van der Waals surface area contributed by atoms with Gasteiger partial charge >= 0.3 is 0 Å². The number of rotatable bonds is 9. The molecule has 0 aliphatic rings. The molecule has 3 heteroatoms. The molecular weight excluding hydrogens is 340 g/mol. The average Bonchev–Trinajstić information content (AvgIpc) is 2.55. The van der Waals surface area contributed by atoms with E-state index in [1.165, 1.54) is 0 Å². The second-order valence-electron chi connectivity index (χ2n) is 8.35. The Morgan fingerprint density at radius 1 is 0.880 bits per heavy atom. The predicted octanol–water partition coefficient (Wildman–Crippen LogP) is 7.05. The van der Waals surface area contributed by atoms with Crippen LogP contribution < -0.4 is 0 Å². The van der Waals surface area contributed by atoms with E-state index in [-0.39, 0.29) is 0 Å². The zero-order valence-electron chi connectivity index (χ0n) is 18.1. The maximum atomic E-state index is 6.39. The normalized spacial score (nSPS) is 12.7. The monoisotopic (exact) mass is 380 g/mol. The molecule has 0 bridgehead atoms. The van der Waals surface area contributed by atoms with E-state index < -0.39 is 8.32 Å².